The van der Waals surface area contributed by atoms with Crippen molar-refractivity contribution >= 4 is 12.2 Å². The van der Waals surface area contributed by atoms with E-state index in [-0.39, 0.29) is 12.2 Å². The van der Waals surface area contributed by atoms with Gasteiger partial charge < -0.3 is 10.1 Å². The highest BCUT2D eigenvalue weighted by molar-refractivity contribution is 5.94. The summed E-state index contributed by atoms with van der Waals surface area (Å²) in [7, 11) is 0. The van der Waals surface area contributed by atoms with E-state index in [1.165, 1.54) is 0 Å². The topological polar surface area (TPSA) is 85.1 Å². The maximum atomic E-state index is 11.2. The summed E-state index contributed by atoms with van der Waals surface area (Å²) < 4.78 is 4.39. The Bertz CT molecular complexity index is 308. The monoisotopic (exact) mass is 183 g/mol. The third-order valence-electron chi connectivity index (χ3n) is 1.45. The van der Waals surface area contributed by atoms with Crippen LogP contribution in [0, 0.1) is 0 Å². The van der Waals surface area contributed by atoms with Crippen molar-refractivity contribution in [2.24, 2.45) is 0 Å². The molecule has 1 aromatic heterocycles. The number of aromatic nitrogens is 2. The molecule has 6 heteroatoms. The minimum atomic E-state index is -0.440. The van der Waals surface area contributed by atoms with Crippen molar-refractivity contribution in [3.05, 3.63) is 11.4 Å². The molecule has 1 aromatic rings. The zero-order valence-corrected chi connectivity index (χ0v) is 7.11. The number of hydrogen-bond acceptors (Lipinski definition) is 5. The van der Waals surface area contributed by atoms with Gasteiger partial charge in [0.2, 0.25) is 0 Å². The SMILES string of the molecule is CCc1nonc1C(=O)NCC=O. The molecule has 1 rings (SSSR count). The van der Waals surface area contributed by atoms with E-state index in [1.54, 1.807) is 0 Å². The summed E-state index contributed by atoms with van der Waals surface area (Å²) in [5.74, 6) is -0.440. The molecule has 0 aliphatic heterocycles. The van der Waals surface area contributed by atoms with Crippen molar-refractivity contribution in [3.63, 3.8) is 0 Å². The minimum absolute atomic E-state index is 0.0329. The molecule has 6 nitrogen and oxygen atoms in total. The van der Waals surface area contributed by atoms with Crippen LogP contribution in [0.25, 0.3) is 0 Å². The second kappa shape index (κ2) is 4.34. The molecule has 0 saturated carbocycles. The second-order valence-electron chi connectivity index (χ2n) is 2.29. The Morgan fingerprint density at radius 3 is 3.00 bits per heavy atom. The van der Waals surface area contributed by atoms with Crippen LogP contribution in [0.2, 0.25) is 0 Å². The number of carbonyl (C=O) groups excluding carboxylic acids is 2. The van der Waals surface area contributed by atoms with Crippen molar-refractivity contribution in [2.75, 3.05) is 6.54 Å². The molecule has 70 valence electrons. The smallest absolute Gasteiger partial charge is 0.275 e. The molecule has 0 radical (unpaired) electrons. The molecule has 13 heavy (non-hydrogen) atoms. The summed E-state index contributed by atoms with van der Waals surface area (Å²) in [5.41, 5.74) is 0.632. The van der Waals surface area contributed by atoms with E-state index < -0.39 is 5.91 Å². The Hall–Kier alpha value is -1.72. The number of aryl methyl sites for hydroxylation is 1. The molecule has 0 atom stereocenters. The molecule has 0 bridgehead atoms. The van der Waals surface area contributed by atoms with Crippen LogP contribution in [0.1, 0.15) is 23.1 Å². The van der Waals surface area contributed by atoms with Crippen LogP contribution in [0.5, 0.6) is 0 Å². The molecule has 0 aliphatic carbocycles. The number of rotatable bonds is 4. The highest BCUT2D eigenvalue weighted by Crippen LogP contribution is 2.02. The summed E-state index contributed by atoms with van der Waals surface area (Å²) >= 11 is 0. The number of hydrogen-bond donors (Lipinski definition) is 1. The summed E-state index contributed by atoms with van der Waals surface area (Å²) in [6.45, 7) is 1.80. The first kappa shape index (κ1) is 9.37. The third-order valence-corrected chi connectivity index (χ3v) is 1.45. The van der Waals surface area contributed by atoms with Crippen molar-refractivity contribution in [2.45, 2.75) is 13.3 Å². The lowest BCUT2D eigenvalue weighted by Crippen LogP contribution is -2.26. The zero-order chi connectivity index (χ0) is 9.68. The quantitative estimate of drug-likeness (QED) is 0.639. The predicted molar refractivity (Wildman–Crippen MR) is 42.1 cm³/mol. The van der Waals surface area contributed by atoms with Gasteiger partial charge in [0.25, 0.3) is 5.91 Å². The molecule has 0 unspecified atom stereocenters. The second-order valence-corrected chi connectivity index (χ2v) is 2.29. The van der Waals surface area contributed by atoms with Crippen LogP contribution in [0.4, 0.5) is 0 Å². The van der Waals surface area contributed by atoms with E-state index in [0.29, 0.717) is 18.4 Å². The Morgan fingerprint density at radius 2 is 2.38 bits per heavy atom. The molecule has 0 aliphatic rings. The Balaban J connectivity index is 2.70. The Labute approximate surface area is 74.3 Å². The third kappa shape index (κ3) is 2.11. The molecule has 0 aromatic carbocycles. The molecule has 0 fully saturated rings. The van der Waals surface area contributed by atoms with Gasteiger partial charge >= 0.3 is 0 Å². The van der Waals surface area contributed by atoms with E-state index in [0.717, 1.165) is 0 Å². The molecular weight excluding hydrogens is 174 g/mol. The predicted octanol–water partition coefficient (Wildman–Crippen LogP) is -0.439. The van der Waals surface area contributed by atoms with Crippen LogP contribution < -0.4 is 5.32 Å². The van der Waals surface area contributed by atoms with Gasteiger partial charge in [0.15, 0.2) is 5.69 Å². The van der Waals surface area contributed by atoms with Gasteiger partial charge in [0.05, 0.1) is 6.54 Å². The van der Waals surface area contributed by atoms with Crippen LogP contribution in [0.15, 0.2) is 4.63 Å². The van der Waals surface area contributed by atoms with Gasteiger partial charge in [-0.15, -0.1) is 0 Å². The molecule has 1 heterocycles. The van der Waals surface area contributed by atoms with Crippen molar-refractivity contribution in [1.29, 1.82) is 0 Å². The fourth-order valence-electron chi connectivity index (χ4n) is 0.829. The molecular formula is C7H9N3O3. The van der Waals surface area contributed by atoms with E-state index in [2.05, 4.69) is 20.3 Å². The average molecular weight is 183 g/mol. The highest BCUT2D eigenvalue weighted by atomic mass is 16.6. The van der Waals surface area contributed by atoms with Gasteiger partial charge in [0.1, 0.15) is 12.0 Å². The van der Waals surface area contributed by atoms with Gasteiger partial charge in [-0.1, -0.05) is 12.1 Å². The summed E-state index contributed by atoms with van der Waals surface area (Å²) in [4.78, 5) is 21.2. The van der Waals surface area contributed by atoms with Crippen molar-refractivity contribution < 1.29 is 14.2 Å². The van der Waals surface area contributed by atoms with E-state index in [9.17, 15) is 9.59 Å². The van der Waals surface area contributed by atoms with Crippen LogP contribution >= 0.6 is 0 Å². The van der Waals surface area contributed by atoms with Gasteiger partial charge in [-0.3, -0.25) is 4.79 Å². The van der Waals surface area contributed by atoms with Gasteiger partial charge in [-0.25, -0.2) is 4.63 Å². The van der Waals surface area contributed by atoms with Crippen LogP contribution in [-0.2, 0) is 11.2 Å². The van der Waals surface area contributed by atoms with Gasteiger partial charge in [-0.2, -0.15) is 0 Å². The lowest BCUT2D eigenvalue weighted by atomic mass is 10.2. The fraction of sp³-hybridized carbons (Fsp3) is 0.429. The molecule has 0 saturated heterocycles. The number of nitrogens with zero attached hydrogens (tertiary/aromatic N) is 2. The lowest BCUT2D eigenvalue weighted by molar-refractivity contribution is -0.107. The number of aldehydes is 1. The summed E-state index contributed by atoms with van der Waals surface area (Å²) in [6.07, 6.45) is 1.16. The number of carbonyl (C=O) groups is 2. The number of nitrogens with one attached hydrogen (secondary N) is 1. The normalized spacial score (nSPS) is 9.62. The first-order chi connectivity index (χ1) is 6.29. The van der Waals surface area contributed by atoms with Crippen molar-refractivity contribution in [3.8, 4) is 0 Å². The van der Waals surface area contributed by atoms with Crippen LogP contribution in [0.3, 0.4) is 0 Å². The van der Waals surface area contributed by atoms with Gasteiger partial charge in [0, 0.05) is 0 Å². The molecule has 1 amide bonds. The largest absolute Gasteiger partial charge is 0.344 e. The van der Waals surface area contributed by atoms with E-state index in [1.807, 2.05) is 6.92 Å². The minimum Gasteiger partial charge on any atom is -0.344 e. The first-order valence-electron chi connectivity index (χ1n) is 3.82. The maximum absolute atomic E-state index is 11.2. The maximum Gasteiger partial charge on any atom is 0.275 e. The fourth-order valence-corrected chi connectivity index (χ4v) is 0.829. The Kier molecular flexibility index (Phi) is 3.13. The van der Waals surface area contributed by atoms with E-state index >= 15 is 0 Å². The highest BCUT2D eigenvalue weighted by Gasteiger charge is 2.15. The zero-order valence-electron chi connectivity index (χ0n) is 7.11. The Morgan fingerprint density at radius 1 is 1.62 bits per heavy atom. The summed E-state index contributed by atoms with van der Waals surface area (Å²) in [6, 6.07) is 0. The van der Waals surface area contributed by atoms with Crippen LogP contribution in [-0.4, -0.2) is 29.1 Å². The molecule has 0 spiro atoms. The van der Waals surface area contributed by atoms with E-state index in [4.69, 9.17) is 0 Å². The molecule has 1 N–H and O–H groups in total. The standard InChI is InChI=1S/C7H9N3O3/c1-2-5-6(10-13-9-5)7(12)8-3-4-11/h4H,2-3H2,1H3,(H,8,12). The lowest BCUT2D eigenvalue weighted by Gasteiger charge is -1.96. The number of amides is 1. The summed E-state index contributed by atoms with van der Waals surface area (Å²) in [5, 5.41) is 9.29. The van der Waals surface area contributed by atoms with Gasteiger partial charge in [-0.05, 0) is 11.6 Å². The van der Waals surface area contributed by atoms with Crippen molar-refractivity contribution in [1.82, 2.24) is 15.6 Å². The average Bonchev–Trinajstić information content (AvgIpc) is 2.61. The first-order valence-corrected chi connectivity index (χ1v) is 3.82.